The van der Waals surface area contributed by atoms with Gasteiger partial charge in [-0.3, -0.25) is 14.9 Å². The molecular weight excluding hydrogens is 458 g/mol. The monoisotopic (exact) mass is 473 g/mol. The van der Waals surface area contributed by atoms with Gasteiger partial charge in [0.1, 0.15) is 5.69 Å². The molecule has 0 aliphatic rings. The maximum atomic E-state index is 11.5. The van der Waals surface area contributed by atoms with Gasteiger partial charge < -0.3 is 10.6 Å². The van der Waals surface area contributed by atoms with Gasteiger partial charge in [0.25, 0.3) is 5.69 Å². The van der Waals surface area contributed by atoms with E-state index in [1.165, 1.54) is 24.3 Å². The molecule has 1 amide bonds. The fourth-order valence-corrected chi connectivity index (χ4v) is 4.29. The molecule has 2 aromatic carbocycles. The number of nitrogens with one attached hydrogen (secondary N) is 2. The van der Waals surface area contributed by atoms with Crippen molar-refractivity contribution >= 4 is 55.2 Å². The molecule has 14 heteroatoms. The number of amides is 1. The Labute approximate surface area is 184 Å². The maximum Gasteiger partial charge on any atom is 0.294 e. The number of benzene rings is 2. The van der Waals surface area contributed by atoms with Gasteiger partial charge in [-0.2, -0.15) is 4.98 Å². The van der Waals surface area contributed by atoms with Crippen LogP contribution in [-0.2, 0) is 14.8 Å². The van der Waals surface area contributed by atoms with E-state index in [1.54, 1.807) is 16.6 Å². The number of rotatable bonds is 6. The number of anilines is 3. The van der Waals surface area contributed by atoms with Gasteiger partial charge >= 0.3 is 0 Å². The summed E-state index contributed by atoms with van der Waals surface area (Å²) in [5, 5.41) is 28.1. The number of nitro benzene ring substituents is 1. The maximum absolute atomic E-state index is 11.5. The third-order valence-corrected chi connectivity index (χ3v) is 6.05. The Bertz CT molecular complexity index is 1460. The number of carbonyl (C=O) groups is 1. The lowest BCUT2D eigenvalue weighted by Crippen LogP contribution is -2.12. The average Bonchev–Trinajstić information content (AvgIpc) is 3.27. The van der Waals surface area contributed by atoms with Crippen molar-refractivity contribution in [1.29, 1.82) is 0 Å². The van der Waals surface area contributed by atoms with Gasteiger partial charge in [-0.05, 0) is 24.3 Å². The number of hydrogen-bond acceptors (Lipinski definition) is 9. The number of nitrogens with two attached hydrogens (primary N) is 1. The molecule has 0 fully saturated rings. The fourth-order valence-electron chi connectivity index (χ4n) is 2.93. The van der Waals surface area contributed by atoms with E-state index in [0.717, 1.165) is 23.4 Å². The number of hydrogen-bond donors (Lipinski definition) is 3. The van der Waals surface area contributed by atoms with Crippen LogP contribution < -0.4 is 15.8 Å². The van der Waals surface area contributed by atoms with E-state index >= 15 is 0 Å². The van der Waals surface area contributed by atoms with Crippen LogP contribution in [0.3, 0.4) is 0 Å². The minimum absolute atomic E-state index is 0.0156. The highest BCUT2D eigenvalue weighted by Gasteiger charge is 2.21. The van der Waals surface area contributed by atoms with Crippen LogP contribution in [0.25, 0.3) is 16.2 Å². The lowest BCUT2D eigenvalue weighted by Gasteiger charge is -2.05. The second-order valence-corrected chi connectivity index (χ2v) is 9.01. The molecule has 0 unspecified atom stereocenters. The van der Waals surface area contributed by atoms with E-state index in [2.05, 4.69) is 20.7 Å². The molecule has 2 aromatic heterocycles. The molecular formula is C18H15N7O5S2. The molecule has 0 atom stereocenters. The molecule has 164 valence electrons. The van der Waals surface area contributed by atoms with Gasteiger partial charge in [-0.15, -0.1) is 16.4 Å². The first-order valence-corrected chi connectivity index (χ1v) is 11.3. The van der Waals surface area contributed by atoms with Gasteiger partial charge in [0.05, 0.1) is 15.5 Å². The van der Waals surface area contributed by atoms with Gasteiger partial charge in [0.15, 0.2) is 0 Å². The third kappa shape index (κ3) is 4.27. The molecule has 4 aromatic rings. The highest BCUT2D eigenvalue weighted by atomic mass is 32.2. The topological polar surface area (TPSA) is 175 Å². The number of fused-ring (bicyclic) bond motifs is 1. The minimum atomic E-state index is -4.10. The quantitative estimate of drug-likeness (QED) is 0.283. The lowest BCUT2D eigenvalue weighted by atomic mass is 10.1. The molecule has 0 saturated carbocycles. The molecule has 0 aliphatic carbocycles. The standard InChI is InChI=1S/C18H15N7O5S2/c1-10(26)20-12-4-2-11(3-5-12)16-9-31-18-22-17(23-24(16)18)21-14-7-6-13(32(19,29)30)8-15(14)25(27)28/h2-9H,1H3,(H,20,26)(H,21,23)(H2,19,29,30). The smallest absolute Gasteiger partial charge is 0.294 e. The second-order valence-electron chi connectivity index (χ2n) is 6.62. The van der Waals surface area contributed by atoms with E-state index in [4.69, 9.17) is 5.14 Å². The van der Waals surface area contributed by atoms with Crippen molar-refractivity contribution in [3.05, 3.63) is 58.0 Å². The summed E-state index contributed by atoms with van der Waals surface area (Å²) in [7, 11) is -4.10. The van der Waals surface area contributed by atoms with Crippen LogP contribution >= 0.6 is 11.3 Å². The van der Waals surface area contributed by atoms with Gasteiger partial charge in [0.2, 0.25) is 26.8 Å². The van der Waals surface area contributed by atoms with Crippen LogP contribution in [0.2, 0.25) is 0 Å². The van der Waals surface area contributed by atoms with Crippen LogP contribution in [0.5, 0.6) is 0 Å². The Balaban J connectivity index is 1.66. The van der Waals surface area contributed by atoms with Crippen molar-refractivity contribution in [1.82, 2.24) is 14.6 Å². The zero-order valence-corrected chi connectivity index (χ0v) is 18.0. The molecule has 4 N–H and O–H groups in total. The third-order valence-electron chi connectivity index (χ3n) is 4.32. The van der Waals surface area contributed by atoms with Crippen molar-refractivity contribution in [3.63, 3.8) is 0 Å². The highest BCUT2D eigenvalue weighted by molar-refractivity contribution is 7.89. The molecule has 0 spiro atoms. The van der Waals surface area contributed by atoms with Crippen molar-refractivity contribution < 1.29 is 18.1 Å². The summed E-state index contributed by atoms with van der Waals surface area (Å²) >= 11 is 1.32. The fraction of sp³-hybridized carbons (Fsp3) is 0.0556. The first-order valence-electron chi connectivity index (χ1n) is 8.92. The molecule has 0 bridgehead atoms. The zero-order chi connectivity index (χ0) is 23.0. The molecule has 4 rings (SSSR count). The molecule has 0 aliphatic heterocycles. The number of sulfonamides is 1. The Morgan fingerprint density at radius 1 is 1.22 bits per heavy atom. The highest BCUT2D eigenvalue weighted by Crippen LogP contribution is 2.31. The van der Waals surface area contributed by atoms with Crippen molar-refractivity contribution in [3.8, 4) is 11.3 Å². The van der Waals surface area contributed by atoms with Crippen molar-refractivity contribution in [2.45, 2.75) is 11.8 Å². The molecule has 2 heterocycles. The van der Waals surface area contributed by atoms with Gasteiger partial charge in [-0.1, -0.05) is 12.1 Å². The first kappa shape index (κ1) is 21.4. The predicted molar refractivity (Wildman–Crippen MR) is 118 cm³/mol. The van der Waals surface area contributed by atoms with E-state index in [9.17, 15) is 23.3 Å². The number of nitrogens with zero attached hydrogens (tertiary/aromatic N) is 4. The molecule has 0 saturated heterocycles. The summed E-state index contributed by atoms with van der Waals surface area (Å²) in [5.41, 5.74) is 1.75. The normalized spacial score (nSPS) is 11.4. The van der Waals surface area contributed by atoms with Gasteiger partial charge in [0, 0.05) is 29.6 Å². The van der Waals surface area contributed by atoms with E-state index in [-0.39, 0.29) is 22.4 Å². The number of nitro groups is 1. The van der Waals surface area contributed by atoms with E-state index in [0.29, 0.717) is 10.6 Å². The summed E-state index contributed by atoms with van der Waals surface area (Å²) in [6, 6.07) is 10.4. The summed E-state index contributed by atoms with van der Waals surface area (Å²) in [4.78, 5) is 26.3. The largest absolute Gasteiger partial charge is 0.326 e. The summed E-state index contributed by atoms with van der Waals surface area (Å²) in [6.45, 7) is 1.42. The van der Waals surface area contributed by atoms with Crippen LogP contribution in [0.4, 0.5) is 23.0 Å². The molecule has 32 heavy (non-hydrogen) atoms. The summed E-state index contributed by atoms with van der Waals surface area (Å²) in [5.74, 6) is -0.0757. The van der Waals surface area contributed by atoms with Crippen LogP contribution in [-0.4, -0.2) is 33.8 Å². The van der Waals surface area contributed by atoms with Crippen molar-refractivity contribution in [2.75, 3.05) is 10.6 Å². The van der Waals surface area contributed by atoms with Crippen molar-refractivity contribution in [2.24, 2.45) is 5.14 Å². The van der Waals surface area contributed by atoms with Crippen LogP contribution in [0, 0.1) is 10.1 Å². The SMILES string of the molecule is CC(=O)Nc1ccc(-c2csc3nc(Nc4ccc(S(N)(=O)=O)cc4[N+](=O)[O-])nn23)cc1. The minimum Gasteiger partial charge on any atom is -0.326 e. The van der Waals surface area contributed by atoms with Crippen LogP contribution in [0.1, 0.15) is 6.92 Å². The first-order chi connectivity index (χ1) is 15.1. The van der Waals surface area contributed by atoms with E-state index < -0.39 is 20.6 Å². The van der Waals surface area contributed by atoms with Gasteiger partial charge in [-0.25, -0.2) is 18.1 Å². The number of carbonyl (C=O) groups excluding carboxylic acids is 1. The molecule has 12 nitrogen and oxygen atoms in total. The Morgan fingerprint density at radius 3 is 2.56 bits per heavy atom. The lowest BCUT2D eigenvalue weighted by molar-refractivity contribution is -0.384. The molecule has 0 radical (unpaired) electrons. The summed E-state index contributed by atoms with van der Waals surface area (Å²) in [6.07, 6.45) is 0. The number of aromatic nitrogens is 3. The zero-order valence-electron chi connectivity index (χ0n) is 16.3. The second kappa shape index (κ2) is 7.99. The predicted octanol–water partition coefficient (Wildman–Crippen LogP) is 2.72. The Morgan fingerprint density at radius 2 is 1.94 bits per heavy atom. The Kier molecular flexibility index (Phi) is 5.33. The summed E-state index contributed by atoms with van der Waals surface area (Å²) < 4.78 is 24.6. The van der Waals surface area contributed by atoms with E-state index in [1.807, 2.05) is 17.5 Å². The average molecular weight is 473 g/mol. The number of primary sulfonamides is 1. The Hall–Kier alpha value is -3.88. The number of thiazole rings is 1. The van der Waals surface area contributed by atoms with Crippen LogP contribution in [0.15, 0.2) is 52.7 Å².